The summed E-state index contributed by atoms with van der Waals surface area (Å²) in [5.41, 5.74) is 1.46. The van der Waals surface area contributed by atoms with E-state index in [1.54, 1.807) is 6.92 Å². The largest absolute Gasteiger partial charge is 0.462 e. The Balaban J connectivity index is 1.36. The lowest BCUT2D eigenvalue weighted by atomic mass is 9.96. The smallest absolute Gasteiger partial charge is 0.350 e. The first-order valence-electron chi connectivity index (χ1n) is 11.2. The first kappa shape index (κ1) is 22.5. The van der Waals surface area contributed by atoms with Crippen LogP contribution in [0.15, 0.2) is 36.4 Å². The molecule has 2 fully saturated rings. The Hall–Kier alpha value is -2.71. The fourth-order valence-electron chi connectivity index (χ4n) is 3.87. The van der Waals surface area contributed by atoms with E-state index >= 15 is 0 Å². The number of anilines is 1. The van der Waals surface area contributed by atoms with Gasteiger partial charge in [0, 0.05) is 16.8 Å². The Morgan fingerprint density at radius 1 is 1.09 bits per heavy atom. The zero-order chi connectivity index (χ0) is 22.5. The van der Waals surface area contributed by atoms with Crippen molar-refractivity contribution in [3.05, 3.63) is 41.3 Å². The molecule has 1 saturated heterocycles. The summed E-state index contributed by atoms with van der Waals surface area (Å²) in [6, 6.07) is 12.0. The molecule has 0 radical (unpaired) electrons. The lowest BCUT2D eigenvalue weighted by molar-refractivity contribution is -0.126. The number of likely N-dealkylation sites (tertiary alicyclic amines) is 1. The Bertz CT molecular complexity index is 963. The van der Waals surface area contributed by atoms with E-state index in [0.29, 0.717) is 29.7 Å². The Labute approximate surface area is 192 Å². The lowest BCUT2D eigenvalue weighted by Crippen LogP contribution is -2.43. The molecule has 1 aliphatic heterocycles. The maximum atomic E-state index is 12.7. The van der Waals surface area contributed by atoms with Crippen molar-refractivity contribution in [1.82, 2.24) is 10.2 Å². The van der Waals surface area contributed by atoms with Crippen molar-refractivity contribution in [2.45, 2.75) is 38.6 Å². The molecule has 7 nitrogen and oxygen atoms in total. The third-order valence-corrected chi connectivity index (χ3v) is 6.94. The van der Waals surface area contributed by atoms with Gasteiger partial charge in [-0.3, -0.25) is 14.5 Å². The molecular formula is C24H29N3O4S. The number of amides is 2. The quantitative estimate of drug-likeness (QED) is 0.595. The molecule has 1 aromatic heterocycles. The van der Waals surface area contributed by atoms with Crippen LogP contribution in [0, 0.1) is 5.92 Å². The molecule has 2 aromatic rings. The van der Waals surface area contributed by atoms with Crippen LogP contribution in [0.1, 0.15) is 42.3 Å². The van der Waals surface area contributed by atoms with Crippen LogP contribution in [0.25, 0.3) is 10.4 Å². The molecule has 2 aliphatic rings. The first-order chi connectivity index (χ1) is 15.5. The van der Waals surface area contributed by atoms with Crippen LogP contribution < -0.4 is 10.6 Å². The van der Waals surface area contributed by atoms with Gasteiger partial charge < -0.3 is 15.4 Å². The second-order valence-corrected chi connectivity index (χ2v) is 9.37. The molecule has 0 spiro atoms. The Kier molecular flexibility index (Phi) is 7.22. The number of esters is 1. The Morgan fingerprint density at radius 3 is 2.47 bits per heavy atom. The summed E-state index contributed by atoms with van der Waals surface area (Å²) in [5.74, 6) is -0.413. The number of carbonyl (C=O) groups is 3. The maximum Gasteiger partial charge on any atom is 0.350 e. The van der Waals surface area contributed by atoms with Gasteiger partial charge in [0.1, 0.15) is 4.88 Å². The topological polar surface area (TPSA) is 87.7 Å². The standard InChI is InChI=1S/C24H29N3O4S/c1-2-31-24(30)22-19(14-20(32-22)16-6-4-3-5-7-16)26-21(28)15-27-12-10-17(11-13-27)23(29)25-18-8-9-18/h3-7,14,17-18H,2,8-13,15H2,1H3,(H,25,29)(H,26,28). The predicted octanol–water partition coefficient (Wildman–Crippen LogP) is 3.52. The SMILES string of the molecule is CCOC(=O)c1sc(-c2ccccc2)cc1NC(=O)CN1CCC(C(=O)NC2CC2)CC1. The van der Waals surface area contributed by atoms with Gasteiger partial charge in [-0.25, -0.2) is 4.79 Å². The van der Waals surface area contributed by atoms with Gasteiger partial charge in [-0.2, -0.15) is 0 Å². The highest BCUT2D eigenvalue weighted by Gasteiger charge is 2.30. The summed E-state index contributed by atoms with van der Waals surface area (Å²) < 4.78 is 5.19. The second-order valence-electron chi connectivity index (χ2n) is 8.32. The van der Waals surface area contributed by atoms with Gasteiger partial charge in [-0.1, -0.05) is 30.3 Å². The average molecular weight is 456 g/mol. The van der Waals surface area contributed by atoms with Crippen molar-refractivity contribution in [2.75, 3.05) is 31.6 Å². The van der Waals surface area contributed by atoms with Gasteiger partial charge in [-0.15, -0.1) is 11.3 Å². The molecule has 1 aliphatic carbocycles. The normalized spacial score (nSPS) is 17.0. The molecule has 0 atom stereocenters. The van der Waals surface area contributed by atoms with Gasteiger partial charge in [0.05, 0.1) is 18.8 Å². The number of nitrogens with zero attached hydrogens (tertiary/aromatic N) is 1. The highest BCUT2D eigenvalue weighted by molar-refractivity contribution is 7.18. The van der Waals surface area contributed by atoms with E-state index in [2.05, 4.69) is 15.5 Å². The molecule has 1 aromatic carbocycles. The number of benzene rings is 1. The fourth-order valence-corrected chi connectivity index (χ4v) is 4.88. The van der Waals surface area contributed by atoms with Gasteiger partial charge in [0.15, 0.2) is 0 Å². The molecule has 4 rings (SSSR count). The number of piperidine rings is 1. The molecule has 2 heterocycles. The first-order valence-corrected chi connectivity index (χ1v) is 12.0. The summed E-state index contributed by atoms with van der Waals surface area (Å²) in [7, 11) is 0. The van der Waals surface area contributed by atoms with Gasteiger partial charge >= 0.3 is 5.97 Å². The molecule has 0 bridgehead atoms. The summed E-state index contributed by atoms with van der Waals surface area (Å²) in [5, 5.41) is 5.98. The van der Waals surface area contributed by atoms with E-state index in [4.69, 9.17) is 4.74 Å². The molecule has 170 valence electrons. The van der Waals surface area contributed by atoms with E-state index in [0.717, 1.165) is 36.1 Å². The average Bonchev–Trinajstić information content (AvgIpc) is 3.51. The van der Waals surface area contributed by atoms with Crippen molar-refractivity contribution >= 4 is 34.8 Å². The van der Waals surface area contributed by atoms with E-state index in [1.807, 2.05) is 36.4 Å². The van der Waals surface area contributed by atoms with Crippen molar-refractivity contribution in [1.29, 1.82) is 0 Å². The predicted molar refractivity (Wildman–Crippen MR) is 125 cm³/mol. The van der Waals surface area contributed by atoms with Crippen LogP contribution >= 0.6 is 11.3 Å². The molecule has 8 heteroatoms. The summed E-state index contributed by atoms with van der Waals surface area (Å²) >= 11 is 1.31. The van der Waals surface area contributed by atoms with Gasteiger partial charge in [-0.05, 0) is 57.3 Å². The summed E-state index contributed by atoms with van der Waals surface area (Å²) in [4.78, 5) is 40.8. The minimum absolute atomic E-state index is 0.0376. The highest BCUT2D eigenvalue weighted by atomic mass is 32.1. The zero-order valence-corrected chi connectivity index (χ0v) is 19.1. The van der Waals surface area contributed by atoms with Crippen molar-refractivity contribution in [2.24, 2.45) is 5.92 Å². The van der Waals surface area contributed by atoms with E-state index in [9.17, 15) is 14.4 Å². The van der Waals surface area contributed by atoms with Gasteiger partial charge in [0.25, 0.3) is 0 Å². The van der Waals surface area contributed by atoms with E-state index in [-0.39, 0.29) is 30.9 Å². The van der Waals surface area contributed by atoms with Crippen LogP contribution in [0.4, 0.5) is 5.69 Å². The number of thiophene rings is 1. The zero-order valence-electron chi connectivity index (χ0n) is 18.3. The summed E-state index contributed by atoms with van der Waals surface area (Å²) in [6.07, 6.45) is 3.70. The number of ether oxygens (including phenoxy) is 1. The van der Waals surface area contributed by atoms with Crippen LogP contribution in [0.3, 0.4) is 0 Å². The molecule has 0 unspecified atom stereocenters. The maximum absolute atomic E-state index is 12.7. The molecule has 2 N–H and O–H groups in total. The molecular weight excluding hydrogens is 426 g/mol. The van der Waals surface area contributed by atoms with E-state index in [1.165, 1.54) is 11.3 Å². The monoisotopic (exact) mass is 455 g/mol. The van der Waals surface area contributed by atoms with Crippen LogP contribution in [0.2, 0.25) is 0 Å². The van der Waals surface area contributed by atoms with Crippen LogP contribution in [0.5, 0.6) is 0 Å². The lowest BCUT2D eigenvalue weighted by Gasteiger charge is -2.30. The number of nitrogens with one attached hydrogen (secondary N) is 2. The molecule has 32 heavy (non-hydrogen) atoms. The van der Waals surface area contributed by atoms with Crippen LogP contribution in [-0.2, 0) is 14.3 Å². The Morgan fingerprint density at radius 2 is 1.81 bits per heavy atom. The third-order valence-electron chi connectivity index (χ3n) is 5.77. The number of hydrogen-bond acceptors (Lipinski definition) is 6. The van der Waals surface area contributed by atoms with Gasteiger partial charge in [0.2, 0.25) is 11.8 Å². The summed E-state index contributed by atoms with van der Waals surface area (Å²) in [6.45, 7) is 3.68. The van der Waals surface area contributed by atoms with Crippen LogP contribution in [-0.4, -0.2) is 55.0 Å². The number of rotatable bonds is 8. The number of hydrogen-bond donors (Lipinski definition) is 2. The minimum Gasteiger partial charge on any atom is -0.462 e. The second kappa shape index (κ2) is 10.3. The minimum atomic E-state index is -0.433. The fraction of sp³-hybridized carbons (Fsp3) is 0.458. The van der Waals surface area contributed by atoms with Crippen molar-refractivity contribution < 1.29 is 19.1 Å². The molecule has 1 saturated carbocycles. The van der Waals surface area contributed by atoms with Crippen molar-refractivity contribution in [3.63, 3.8) is 0 Å². The van der Waals surface area contributed by atoms with E-state index < -0.39 is 5.97 Å². The molecule has 2 amide bonds. The third kappa shape index (κ3) is 5.75. The van der Waals surface area contributed by atoms with Crippen molar-refractivity contribution in [3.8, 4) is 10.4 Å². The highest BCUT2D eigenvalue weighted by Crippen LogP contribution is 2.35. The number of carbonyl (C=O) groups excluding carboxylic acids is 3.